The molecule has 15 aromatic rings. The molecule has 0 heterocycles. The molecule has 3 aliphatic rings. The van der Waals surface area contributed by atoms with Crippen molar-refractivity contribution in [2.75, 3.05) is 19.6 Å². The van der Waals surface area contributed by atoms with Crippen molar-refractivity contribution in [3.05, 3.63) is 391 Å². The Morgan fingerprint density at radius 1 is 0.232 bits per heavy atom. The normalized spacial score (nSPS) is 13.0. The Balaban J connectivity index is 0.933. The number of hydrogen-bond acceptors (Lipinski definition) is 5. The molecule has 0 amide bonds. The van der Waals surface area contributed by atoms with Crippen LogP contribution >= 0.6 is 0 Å². The number of rotatable bonds is 12. The van der Waals surface area contributed by atoms with Gasteiger partial charge in [0.1, 0.15) is 0 Å². The summed E-state index contributed by atoms with van der Waals surface area (Å²) in [5, 5.41) is 9.13. The molecule has 0 unspecified atom stereocenters. The van der Waals surface area contributed by atoms with Crippen molar-refractivity contribution in [2.24, 2.45) is 0 Å². The van der Waals surface area contributed by atoms with Gasteiger partial charge in [-0.05, 0) is 181 Å². The molecule has 0 radical (unpaired) electrons. The summed E-state index contributed by atoms with van der Waals surface area (Å²) < 4.78 is 0. The molecule has 0 bridgehead atoms. The van der Waals surface area contributed by atoms with Gasteiger partial charge < -0.3 is 19.6 Å². The molecule has 0 N–H and O–H groups in total. The Morgan fingerprint density at radius 2 is 0.537 bits per heavy atom. The second kappa shape index (κ2) is 23.0. The Hall–Kier alpha value is -12.6. The number of fused-ring (bicyclic) bond motifs is 9. The van der Waals surface area contributed by atoms with Crippen LogP contribution in [0, 0.1) is 0 Å². The van der Waals surface area contributed by atoms with Gasteiger partial charge in [0, 0.05) is 84.6 Å². The first-order valence-electron chi connectivity index (χ1n) is 32.6. The number of allylic oxidation sites excluding steroid dienone is 4. The van der Waals surface area contributed by atoms with Crippen molar-refractivity contribution in [1.82, 2.24) is 0 Å². The lowest BCUT2D eigenvalue weighted by Gasteiger charge is -2.32. The van der Waals surface area contributed by atoms with Crippen LogP contribution in [-0.2, 0) is 0 Å². The molecule has 5 heteroatoms. The molecule has 0 saturated carbocycles. The minimum absolute atomic E-state index is 0.0239. The Bertz CT molecular complexity index is 5480. The van der Waals surface area contributed by atoms with Crippen LogP contribution in [0.2, 0.25) is 0 Å². The smallest absolute Gasteiger partial charge is 0.190 e. The summed E-state index contributed by atoms with van der Waals surface area (Å²) in [6.07, 6.45) is 2.81. The SMILES string of the molecule is O=C1C2=C(C(=C3c4cc(N(c5ccccc5)c5cccc6ccccc56)ccc4-c4ccc(N(c5ccccc5)c5cccc6ccccc56)cc43)C=C(N(c3ccccc3)c3cccc4ccccc34)C2)c2ccc(N(c3ccccc3)c3cccc4ccccc34)cc21. The van der Waals surface area contributed by atoms with E-state index in [1.807, 2.05) is 0 Å². The molecule has 5 nitrogen and oxygen atoms in total. The minimum Gasteiger partial charge on any atom is -0.313 e. The Labute approximate surface area is 552 Å². The van der Waals surface area contributed by atoms with Crippen LogP contribution in [-0.4, -0.2) is 5.78 Å². The van der Waals surface area contributed by atoms with Crippen molar-refractivity contribution in [3.8, 4) is 11.1 Å². The third-order valence-corrected chi connectivity index (χ3v) is 19.3. The van der Waals surface area contributed by atoms with E-state index in [0.717, 1.165) is 161 Å². The van der Waals surface area contributed by atoms with E-state index in [9.17, 15) is 0 Å². The van der Waals surface area contributed by atoms with Crippen molar-refractivity contribution < 1.29 is 4.79 Å². The number of benzene rings is 15. The second-order valence-electron chi connectivity index (χ2n) is 24.7. The number of ketones is 1. The van der Waals surface area contributed by atoms with Crippen molar-refractivity contribution in [1.29, 1.82) is 0 Å². The van der Waals surface area contributed by atoms with Gasteiger partial charge in [0.2, 0.25) is 0 Å². The van der Waals surface area contributed by atoms with Gasteiger partial charge in [-0.25, -0.2) is 0 Å². The first-order valence-corrected chi connectivity index (χ1v) is 32.6. The van der Waals surface area contributed by atoms with Crippen LogP contribution in [0.15, 0.2) is 369 Å². The number of Topliss-reactive ketones (excluding diaryl/α,β-unsaturated/α-hetero) is 1. The van der Waals surface area contributed by atoms with Crippen LogP contribution in [0.5, 0.6) is 0 Å². The van der Waals surface area contributed by atoms with E-state index in [-0.39, 0.29) is 5.78 Å². The summed E-state index contributed by atoms with van der Waals surface area (Å²) >= 11 is 0. The summed E-state index contributed by atoms with van der Waals surface area (Å²) in [6.45, 7) is 0. The first-order chi connectivity index (χ1) is 47.1. The zero-order chi connectivity index (χ0) is 62.9. The number of carbonyl (C=O) groups is 1. The van der Waals surface area contributed by atoms with Crippen molar-refractivity contribution in [3.63, 3.8) is 0 Å². The number of hydrogen-bond donors (Lipinski definition) is 0. The molecule has 95 heavy (non-hydrogen) atoms. The molecule has 0 aliphatic heterocycles. The zero-order valence-electron chi connectivity index (χ0n) is 51.9. The van der Waals surface area contributed by atoms with E-state index in [1.54, 1.807) is 0 Å². The van der Waals surface area contributed by atoms with E-state index in [0.29, 0.717) is 12.0 Å². The average molecular weight is 1210 g/mol. The van der Waals surface area contributed by atoms with E-state index < -0.39 is 0 Å². The minimum atomic E-state index is 0.0239. The van der Waals surface area contributed by atoms with Crippen LogP contribution in [0.1, 0.15) is 33.5 Å². The molecule has 0 spiro atoms. The third kappa shape index (κ3) is 9.35. The standard InChI is InChI=1S/C90H60N4O/c95-90-81-57-70(93(66-37-9-3-10-38-66)86-47-23-31-62-27-15-19-43-74(62)86)51-54-78(81)88-82(58-71(59-83(88)90)94(67-39-11-4-12-40-67)87-48-24-32-63-28-16-20-44-75(63)87)89-79-55-68(91(64-33-5-1-6-34-64)84-45-21-29-60-25-13-17-41-72(60)84)49-52-76(79)77-53-50-69(56-80(77)89)92(65-35-7-2-8-36-65)85-46-22-30-61-26-14-18-42-73(61)85/h1-58H,59H2. The fourth-order valence-electron chi connectivity index (χ4n) is 15.1. The van der Waals surface area contributed by atoms with Gasteiger partial charge in [0.05, 0.1) is 22.7 Å². The molecular weight excluding hydrogens is 1150 g/mol. The van der Waals surface area contributed by atoms with Crippen LogP contribution in [0.3, 0.4) is 0 Å². The van der Waals surface area contributed by atoms with Gasteiger partial charge >= 0.3 is 0 Å². The highest BCUT2D eigenvalue weighted by Gasteiger charge is 2.40. The highest BCUT2D eigenvalue weighted by atomic mass is 16.1. The Kier molecular flexibility index (Phi) is 13.4. The largest absolute Gasteiger partial charge is 0.313 e. The molecule has 0 saturated heterocycles. The van der Waals surface area contributed by atoms with Crippen LogP contribution in [0.25, 0.3) is 65.4 Å². The van der Waals surface area contributed by atoms with Crippen LogP contribution in [0.4, 0.5) is 62.6 Å². The monoisotopic (exact) mass is 1210 g/mol. The van der Waals surface area contributed by atoms with Gasteiger partial charge in [-0.1, -0.05) is 237 Å². The Morgan fingerprint density at radius 3 is 0.916 bits per heavy atom. The maximum atomic E-state index is 16.6. The fourth-order valence-corrected chi connectivity index (χ4v) is 15.1. The van der Waals surface area contributed by atoms with Gasteiger partial charge in [0.25, 0.3) is 0 Å². The van der Waals surface area contributed by atoms with Crippen LogP contribution < -0.4 is 19.6 Å². The summed E-state index contributed by atoms with van der Waals surface area (Å²) in [6, 6.07) is 124. The van der Waals surface area contributed by atoms with Gasteiger partial charge in [-0.3, -0.25) is 4.79 Å². The lowest BCUT2D eigenvalue weighted by Crippen LogP contribution is -2.21. The highest BCUT2D eigenvalue weighted by Crippen LogP contribution is 2.57. The molecular formula is C90H60N4O. The first kappa shape index (κ1) is 55.3. The number of nitrogens with zero attached hydrogens (tertiary/aromatic N) is 4. The maximum Gasteiger partial charge on any atom is 0.190 e. The molecule has 446 valence electrons. The second-order valence-corrected chi connectivity index (χ2v) is 24.7. The van der Waals surface area contributed by atoms with E-state index in [4.69, 9.17) is 0 Å². The number of para-hydroxylation sites is 4. The van der Waals surface area contributed by atoms with E-state index in [1.165, 1.54) is 0 Å². The topological polar surface area (TPSA) is 30.0 Å². The fraction of sp³-hybridized carbons (Fsp3) is 0.0111. The average Bonchev–Trinajstić information content (AvgIpc) is 1.56. The quantitative estimate of drug-likeness (QED) is 0.122. The highest BCUT2D eigenvalue weighted by molar-refractivity contribution is 6.27. The molecule has 0 aromatic heterocycles. The molecule has 18 rings (SSSR count). The van der Waals surface area contributed by atoms with Gasteiger partial charge in [-0.15, -0.1) is 0 Å². The molecule has 15 aromatic carbocycles. The lowest BCUT2D eigenvalue weighted by molar-refractivity contribution is 0.103. The van der Waals surface area contributed by atoms with Crippen molar-refractivity contribution in [2.45, 2.75) is 6.42 Å². The molecule has 0 fully saturated rings. The van der Waals surface area contributed by atoms with Gasteiger partial charge in [-0.2, -0.15) is 0 Å². The summed E-state index contributed by atoms with van der Waals surface area (Å²) in [5.41, 5.74) is 22.0. The number of carbonyl (C=O) groups excluding carboxylic acids is 1. The summed E-state index contributed by atoms with van der Waals surface area (Å²) in [7, 11) is 0. The predicted molar refractivity (Wildman–Crippen MR) is 397 cm³/mol. The van der Waals surface area contributed by atoms with E-state index >= 15 is 4.79 Å². The van der Waals surface area contributed by atoms with Crippen molar-refractivity contribution >= 4 is 123 Å². The third-order valence-electron chi connectivity index (χ3n) is 19.3. The molecule has 0 atom stereocenters. The predicted octanol–water partition coefficient (Wildman–Crippen LogP) is 24.3. The summed E-state index contributed by atoms with van der Waals surface area (Å²) in [5.74, 6) is 0.0239. The summed E-state index contributed by atoms with van der Waals surface area (Å²) in [4.78, 5) is 26.1. The zero-order valence-corrected chi connectivity index (χ0v) is 51.9. The maximum absolute atomic E-state index is 16.6. The number of anilines is 11. The molecule has 3 aliphatic carbocycles. The van der Waals surface area contributed by atoms with E-state index in [2.05, 4.69) is 371 Å². The van der Waals surface area contributed by atoms with Gasteiger partial charge in [0.15, 0.2) is 5.78 Å². The lowest BCUT2D eigenvalue weighted by atomic mass is 9.83.